The van der Waals surface area contributed by atoms with Crippen molar-refractivity contribution in [1.29, 1.82) is 0 Å². The lowest BCUT2D eigenvalue weighted by molar-refractivity contribution is 0.685. The van der Waals surface area contributed by atoms with Crippen molar-refractivity contribution in [2.24, 2.45) is 0 Å². The van der Waals surface area contributed by atoms with E-state index in [1.807, 2.05) is 12.1 Å². The highest BCUT2D eigenvalue weighted by Crippen LogP contribution is 2.11. The van der Waals surface area contributed by atoms with Crippen LogP contribution in [0.5, 0.6) is 0 Å². The van der Waals surface area contributed by atoms with E-state index < -0.39 is 0 Å². The maximum absolute atomic E-state index is 5.86. The molecule has 0 saturated carbocycles. The molecule has 1 N–H and O–H groups in total. The Hall–Kier alpha value is -1.31. The fourth-order valence-corrected chi connectivity index (χ4v) is 2.31. The highest BCUT2D eigenvalue weighted by molar-refractivity contribution is 6.30. The molecule has 2 heteroatoms. The van der Waals surface area contributed by atoms with Gasteiger partial charge in [-0.3, -0.25) is 0 Å². The second-order valence-electron chi connectivity index (χ2n) is 4.98. The molecule has 0 radical (unpaired) electrons. The van der Waals surface area contributed by atoms with Crippen LogP contribution in [0.4, 0.5) is 0 Å². The first-order chi connectivity index (χ1) is 9.15. The molecule has 0 aliphatic carbocycles. The molecule has 0 heterocycles. The summed E-state index contributed by atoms with van der Waals surface area (Å²) in [5.74, 6) is 0. The molecule has 1 nitrogen and oxygen atoms in total. The lowest BCUT2D eigenvalue weighted by atomic mass is 10.0. The van der Waals surface area contributed by atoms with Crippen molar-refractivity contribution in [3.05, 3.63) is 69.7 Å². The number of nitrogens with one attached hydrogen (secondary N) is 1. The molecule has 0 amide bonds. The number of hydrogen-bond donors (Lipinski definition) is 1. The molecule has 19 heavy (non-hydrogen) atoms. The molecule has 2 aromatic carbocycles. The third-order valence-corrected chi connectivity index (χ3v) is 3.56. The zero-order valence-electron chi connectivity index (χ0n) is 11.5. The van der Waals surface area contributed by atoms with Gasteiger partial charge >= 0.3 is 0 Å². The summed E-state index contributed by atoms with van der Waals surface area (Å²) in [7, 11) is 0. The van der Waals surface area contributed by atoms with Crippen molar-refractivity contribution in [3.63, 3.8) is 0 Å². The Kier molecular flexibility index (Phi) is 5.00. The van der Waals surface area contributed by atoms with E-state index in [1.54, 1.807) is 0 Å². The third-order valence-electron chi connectivity index (χ3n) is 3.31. The molecular weight excluding hydrogens is 254 g/mol. The van der Waals surface area contributed by atoms with Crippen LogP contribution in [0, 0.1) is 13.8 Å². The van der Waals surface area contributed by atoms with Crippen LogP contribution < -0.4 is 5.32 Å². The zero-order valence-corrected chi connectivity index (χ0v) is 12.3. The standard InChI is InChI=1S/C17H20ClN/c1-13-3-6-16(14(2)11-13)9-10-19-12-15-4-7-17(18)8-5-15/h3-8,11,19H,9-10,12H2,1-2H3. The van der Waals surface area contributed by atoms with Crippen molar-refractivity contribution in [2.45, 2.75) is 26.8 Å². The van der Waals surface area contributed by atoms with Crippen molar-refractivity contribution in [3.8, 4) is 0 Å². The summed E-state index contributed by atoms with van der Waals surface area (Å²) in [4.78, 5) is 0. The Balaban J connectivity index is 1.79. The molecule has 0 fully saturated rings. The zero-order chi connectivity index (χ0) is 13.7. The maximum atomic E-state index is 5.86. The average molecular weight is 274 g/mol. The molecule has 100 valence electrons. The third kappa shape index (κ3) is 4.38. The summed E-state index contributed by atoms with van der Waals surface area (Å²) in [5, 5.41) is 4.26. The Bertz CT molecular complexity index is 531. The van der Waals surface area contributed by atoms with E-state index >= 15 is 0 Å². The Morgan fingerprint density at radius 1 is 1.00 bits per heavy atom. The van der Waals surface area contributed by atoms with Crippen LogP contribution in [-0.2, 0) is 13.0 Å². The van der Waals surface area contributed by atoms with E-state index in [2.05, 4.69) is 49.5 Å². The molecule has 0 spiro atoms. The van der Waals surface area contributed by atoms with E-state index in [4.69, 9.17) is 11.6 Å². The first kappa shape index (κ1) is 14.1. The predicted octanol–water partition coefficient (Wildman–Crippen LogP) is 4.29. The second-order valence-corrected chi connectivity index (χ2v) is 5.42. The van der Waals surface area contributed by atoms with Gasteiger partial charge in [-0.2, -0.15) is 0 Å². The van der Waals surface area contributed by atoms with Gasteiger partial charge < -0.3 is 5.32 Å². The lowest BCUT2D eigenvalue weighted by Gasteiger charge is -2.08. The highest BCUT2D eigenvalue weighted by Gasteiger charge is 1.99. The predicted molar refractivity (Wildman–Crippen MR) is 82.8 cm³/mol. The topological polar surface area (TPSA) is 12.0 Å². The Morgan fingerprint density at radius 3 is 2.42 bits per heavy atom. The normalized spacial score (nSPS) is 10.7. The van der Waals surface area contributed by atoms with Crippen LogP contribution in [0.1, 0.15) is 22.3 Å². The van der Waals surface area contributed by atoms with E-state index in [-0.39, 0.29) is 0 Å². The highest BCUT2D eigenvalue weighted by atomic mass is 35.5. The summed E-state index contributed by atoms with van der Waals surface area (Å²) in [6.45, 7) is 6.20. The summed E-state index contributed by atoms with van der Waals surface area (Å²) in [6, 6.07) is 14.6. The molecule has 0 aliphatic rings. The fraction of sp³-hybridized carbons (Fsp3) is 0.294. The van der Waals surface area contributed by atoms with Crippen molar-refractivity contribution < 1.29 is 0 Å². The summed E-state index contributed by atoms with van der Waals surface area (Å²) in [6.07, 6.45) is 1.07. The quantitative estimate of drug-likeness (QED) is 0.802. The van der Waals surface area contributed by atoms with Crippen LogP contribution >= 0.6 is 11.6 Å². The molecule has 2 aromatic rings. The molecule has 0 aliphatic heterocycles. The van der Waals surface area contributed by atoms with E-state index in [9.17, 15) is 0 Å². The van der Waals surface area contributed by atoms with Crippen LogP contribution in [0.3, 0.4) is 0 Å². The van der Waals surface area contributed by atoms with Crippen LogP contribution in [0.25, 0.3) is 0 Å². The molecule has 0 unspecified atom stereocenters. The minimum atomic E-state index is 0.791. The molecular formula is C17H20ClN. The van der Waals surface area contributed by atoms with Gasteiger partial charge in [0, 0.05) is 11.6 Å². The van der Waals surface area contributed by atoms with E-state index in [0.717, 1.165) is 24.5 Å². The summed E-state index contributed by atoms with van der Waals surface area (Å²) < 4.78 is 0. The van der Waals surface area contributed by atoms with Gasteiger partial charge in [-0.1, -0.05) is 47.5 Å². The SMILES string of the molecule is Cc1ccc(CCNCc2ccc(Cl)cc2)c(C)c1. The summed E-state index contributed by atoms with van der Waals surface area (Å²) in [5.41, 5.74) is 5.41. The van der Waals surface area contributed by atoms with Gasteiger partial charge in [-0.25, -0.2) is 0 Å². The molecule has 0 saturated heterocycles. The monoisotopic (exact) mass is 273 g/mol. The Labute approximate surface area is 120 Å². The van der Waals surface area contributed by atoms with Crippen LogP contribution in [-0.4, -0.2) is 6.54 Å². The number of aryl methyl sites for hydroxylation is 2. The van der Waals surface area contributed by atoms with Gasteiger partial charge in [0.15, 0.2) is 0 Å². The van der Waals surface area contributed by atoms with E-state index in [1.165, 1.54) is 22.3 Å². The fourth-order valence-electron chi connectivity index (χ4n) is 2.18. The Morgan fingerprint density at radius 2 is 1.74 bits per heavy atom. The van der Waals surface area contributed by atoms with Gasteiger partial charge in [0.05, 0.1) is 0 Å². The van der Waals surface area contributed by atoms with Crippen LogP contribution in [0.2, 0.25) is 5.02 Å². The van der Waals surface area contributed by atoms with Crippen molar-refractivity contribution in [1.82, 2.24) is 5.32 Å². The second kappa shape index (κ2) is 6.74. The molecule has 0 bridgehead atoms. The van der Waals surface area contributed by atoms with Gasteiger partial charge in [0.2, 0.25) is 0 Å². The lowest BCUT2D eigenvalue weighted by Crippen LogP contribution is -2.17. The first-order valence-electron chi connectivity index (χ1n) is 6.66. The average Bonchev–Trinajstić information content (AvgIpc) is 2.39. The minimum Gasteiger partial charge on any atom is -0.312 e. The number of halogens is 1. The number of benzene rings is 2. The van der Waals surface area contributed by atoms with E-state index in [0.29, 0.717) is 0 Å². The number of hydrogen-bond acceptors (Lipinski definition) is 1. The maximum Gasteiger partial charge on any atom is 0.0406 e. The smallest absolute Gasteiger partial charge is 0.0406 e. The van der Waals surface area contributed by atoms with Crippen molar-refractivity contribution in [2.75, 3.05) is 6.54 Å². The van der Waals surface area contributed by atoms with Gasteiger partial charge in [-0.15, -0.1) is 0 Å². The largest absolute Gasteiger partial charge is 0.312 e. The first-order valence-corrected chi connectivity index (χ1v) is 7.04. The summed E-state index contributed by atoms with van der Waals surface area (Å²) >= 11 is 5.86. The van der Waals surface area contributed by atoms with Crippen molar-refractivity contribution >= 4 is 11.6 Å². The molecule has 0 atom stereocenters. The van der Waals surface area contributed by atoms with Crippen LogP contribution in [0.15, 0.2) is 42.5 Å². The van der Waals surface area contributed by atoms with Gasteiger partial charge in [0.25, 0.3) is 0 Å². The minimum absolute atomic E-state index is 0.791. The van der Waals surface area contributed by atoms with Gasteiger partial charge in [0.1, 0.15) is 0 Å². The number of rotatable bonds is 5. The molecule has 2 rings (SSSR count). The molecule has 0 aromatic heterocycles. The van der Waals surface area contributed by atoms with Gasteiger partial charge in [-0.05, 0) is 55.6 Å².